The number of carbonyl (C=O) groups excluding carboxylic acids is 1. The van der Waals surface area contributed by atoms with Gasteiger partial charge in [0.05, 0.1) is 33.6 Å². The molecule has 5 rings (SSSR count). The van der Waals surface area contributed by atoms with E-state index >= 15 is 0 Å². The number of anilines is 1. The summed E-state index contributed by atoms with van der Waals surface area (Å²) in [6.45, 7) is 4.93. The Balaban J connectivity index is 1.29. The Morgan fingerprint density at radius 1 is 1.17 bits per heavy atom. The fourth-order valence-electron chi connectivity index (χ4n) is 4.40. The van der Waals surface area contributed by atoms with Crippen LogP contribution in [0.4, 0.5) is 5.69 Å². The van der Waals surface area contributed by atoms with Crippen molar-refractivity contribution in [2.45, 2.75) is 37.6 Å². The minimum atomic E-state index is -3.21. The van der Waals surface area contributed by atoms with Crippen LogP contribution in [-0.4, -0.2) is 49.3 Å². The van der Waals surface area contributed by atoms with Crippen LogP contribution < -0.4 is 10.2 Å². The van der Waals surface area contributed by atoms with Crippen LogP contribution >= 0.6 is 0 Å². The zero-order valence-corrected chi connectivity index (χ0v) is 20.3. The smallest absolute Gasteiger partial charge is 0.259 e. The van der Waals surface area contributed by atoms with E-state index in [0.29, 0.717) is 38.7 Å². The third-order valence-electron chi connectivity index (χ3n) is 6.41. The first-order valence-electron chi connectivity index (χ1n) is 11.6. The highest BCUT2D eigenvalue weighted by atomic mass is 32.2. The first-order valence-corrected chi connectivity index (χ1v) is 13.2. The number of sulfone groups is 1. The summed E-state index contributed by atoms with van der Waals surface area (Å²) in [6.07, 6.45) is 3.09. The lowest BCUT2D eigenvalue weighted by molar-refractivity contribution is 0.0932. The van der Waals surface area contributed by atoms with E-state index in [0.717, 1.165) is 31.6 Å². The fraction of sp³-hybridized carbons (Fsp3) is 0.320. The Morgan fingerprint density at radius 3 is 2.57 bits per heavy atom. The molecular formula is C25H26N4O5S. The number of pyridine rings is 1. The second kappa shape index (κ2) is 9.18. The van der Waals surface area contributed by atoms with Gasteiger partial charge in [-0.15, -0.1) is 0 Å². The third kappa shape index (κ3) is 4.53. The van der Waals surface area contributed by atoms with E-state index in [9.17, 15) is 13.2 Å². The summed E-state index contributed by atoms with van der Waals surface area (Å²) in [6, 6.07) is 12.3. The van der Waals surface area contributed by atoms with Crippen LogP contribution in [0.5, 0.6) is 0 Å². The van der Waals surface area contributed by atoms with Gasteiger partial charge in [-0.2, -0.15) is 0 Å². The number of amides is 1. The van der Waals surface area contributed by atoms with Crippen molar-refractivity contribution in [3.8, 4) is 11.5 Å². The number of aromatic nitrogens is 2. The monoisotopic (exact) mass is 494 g/mol. The minimum absolute atomic E-state index is 0.00827. The molecule has 1 amide bonds. The van der Waals surface area contributed by atoms with Crippen molar-refractivity contribution in [2.24, 2.45) is 0 Å². The van der Waals surface area contributed by atoms with Crippen LogP contribution in [-0.2, 0) is 9.84 Å². The lowest BCUT2D eigenvalue weighted by Crippen LogP contribution is -2.44. The molecule has 1 aromatic carbocycles. The first kappa shape index (κ1) is 23.1. The fourth-order valence-corrected chi connectivity index (χ4v) is 5.28. The highest BCUT2D eigenvalue weighted by Crippen LogP contribution is 2.28. The Bertz CT molecular complexity index is 1450. The molecule has 9 nitrogen and oxygen atoms in total. The summed E-state index contributed by atoms with van der Waals surface area (Å²) in [7, 11) is -3.21. The number of carbonyl (C=O) groups is 1. The SMILES string of the molecule is CCS(=O)(=O)c1ccc(N2CCC(NC(=O)c3cc(-c4ccco4)nc4onc(C)c34)CC2)cc1. The number of benzene rings is 1. The molecule has 1 N–H and O–H groups in total. The average molecular weight is 495 g/mol. The van der Waals surface area contributed by atoms with E-state index < -0.39 is 9.84 Å². The van der Waals surface area contributed by atoms with E-state index in [1.807, 2.05) is 12.1 Å². The van der Waals surface area contributed by atoms with Crippen molar-refractivity contribution in [2.75, 3.05) is 23.7 Å². The maximum absolute atomic E-state index is 13.3. The predicted molar refractivity (Wildman–Crippen MR) is 131 cm³/mol. The van der Waals surface area contributed by atoms with Crippen molar-refractivity contribution >= 4 is 32.5 Å². The first-order chi connectivity index (χ1) is 16.9. The van der Waals surface area contributed by atoms with Crippen LogP contribution in [0.3, 0.4) is 0 Å². The normalized spacial score (nSPS) is 15.0. The molecule has 1 aliphatic rings. The molecule has 1 fully saturated rings. The summed E-state index contributed by atoms with van der Waals surface area (Å²) >= 11 is 0. The Labute approximate surface area is 203 Å². The van der Waals surface area contributed by atoms with Crippen molar-refractivity contribution in [1.29, 1.82) is 0 Å². The van der Waals surface area contributed by atoms with Gasteiger partial charge in [-0.1, -0.05) is 12.1 Å². The lowest BCUT2D eigenvalue weighted by atomic mass is 10.0. The zero-order valence-electron chi connectivity index (χ0n) is 19.5. The summed E-state index contributed by atoms with van der Waals surface area (Å²) in [5.74, 6) is 0.420. The van der Waals surface area contributed by atoms with Gasteiger partial charge in [-0.25, -0.2) is 13.4 Å². The zero-order chi connectivity index (χ0) is 24.6. The molecule has 1 saturated heterocycles. The van der Waals surface area contributed by atoms with Crippen LogP contribution in [0.25, 0.3) is 22.6 Å². The van der Waals surface area contributed by atoms with Gasteiger partial charge in [0.25, 0.3) is 11.6 Å². The van der Waals surface area contributed by atoms with Gasteiger partial charge in [0.1, 0.15) is 5.69 Å². The third-order valence-corrected chi connectivity index (χ3v) is 8.16. The largest absolute Gasteiger partial charge is 0.463 e. The van der Waals surface area contributed by atoms with E-state index in [4.69, 9.17) is 8.94 Å². The van der Waals surface area contributed by atoms with Crippen molar-refractivity contribution in [3.63, 3.8) is 0 Å². The standard InChI is InChI=1S/C25H26N4O5S/c1-3-35(31,32)19-8-6-18(7-9-19)29-12-10-17(11-13-29)26-24(30)20-15-21(22-5-4-14-33-22)27-25-23(20)16(2)28-34-25/h4-9,14-15,17H,3,10-13H2,1-2H3,(H,26,30). The summed E-state index contributed by atoms with van der Waals surface area (Å²) < 4.78 is 34.9. The molecule has 0 bridgehead atoms. The molecule has 0 spiro atoms. The van der Waals surface area contributed by atoms with Crippen molar-refractivity contribution in [3.05, 3.63) is 60.0 Å². The number of piperidine rings is 1. The summed E-state index contributed by atoms with van der Waals surface area (Å²) in [5.41, 5.74) is 2.84. The Kier molecular flexibility index (Phi) is 6.06. The molecule has 0 unspecified atom stereocenters. The highest BCUT2D eigenvalue weighted by molar-refractivity contribution is 7.91. The quantitative estimate of drug-likeness (QED) is 0.428. The molecule has 0 atom stereocenters. The number of furan rings is 1. The maximum Gasteiger partial charge on any atom is 0.259 e. The van der Waals surface area contributed by atoms with E-state index in [1.165, 1.54) is 0 Å². The average Bonchev–Trinajstić information content (AvgIpc) is 3.54. The molecular weight excluding hydrogens is 468 g/mol. The minimum Gasteiger partial charge on any atom is -0.463 e. The number of nitrogens with zero attached hydrogens (tertiary/aromatic N) is 3. The topological polar surface area (TPSA) is 119 Å². The predicted octanol–water partition coefficient (Wildman–Crippen LogP) is 3.98. The number of rotatable bonds is 6. The highest BCUT2D eigenvalue weighted by Gasteiger charge is 2.25. The van der Waals surface area contributed by atoms with Gasteiger partial charge >= 0.3 is 0 Å². The second-order valence-corrected chi connectivity index (χ2v) is 10.9. The molecule has 0 radical (unpaired) electrons. The van der Waals surface area contributed by atoms with E-state index in [-0.39, 0.29) is 17.7 Å². The van der Waals surface area contributed by atoms with Crippen LogP contribution in [0.15, 0.2) is 62.6 Å². The number of fused-ring (bicyclic) bond motifs is 1. The summed E-state index contributed by atoms with van der Waals surface area (Å²) in [4.78, 5) is 20.3. The van der Waals surface area contributed by atoms with Gasteiger partial charge in [-0.05, 0) is 62.2 Å². The van der Waals surface area contributed by atoms with Crippen molar-refractivity contribution < 1.29 is 22.2 Å². The molecule has 1 aliphatic heterocycles. The molecule has 3 aromatic heterocycles. The van der Waals surface area contributed by atoms with E-state index in [1.54, 1.807) is 50.4 Å². The summed E-state index contributed by atoms with van der Waals surface area (Å²) in [5, 5.41) is 7.73. The number of aryl methyl sites for hydroxylation is 1. The maximum atomic E-state index is 13.3. The van der Waals surface area contributed by atoms with Crippen LogP contribution in [0, 0.1) is 6.92 Å². The molecule has 10 heteroatoms. The lowest BCUT2D eigenvalue weighted by Gasteiger charge is -2.34. The van der Waals surface area contributed by atoms with Gasteiger partial charge < -0.3 is 19.2 Å². The van der Waals surface area contributed by atoms with Gasteiger partial charge in [0.15, 0.2) is 15.6 Å². The molecule has 0 aliphatic carbocycles. The van der Waals surface area contributed by atoms with E-state index in [2.05, 4.69) is 20.4 Å². The van der Waals surface area contributed by atoms with Gasteiger partial charge in [0, 0.05) is 24.8 Å². The van der Waals surface area contributed by atoms with Gasteiger partial charge in [0.2, 0.25) is 0 Å². The van der Waals surface area contributed by atoms with Crippen LogP contribution in [0.1, 0.15) is 35.8 Å². The molecule has 35 heavy (non-hydrogen) atoms. The molecule has 0 saturated carbocycles. The van der Waals surface area contributed by atoms with Gasteiger partial charge in [-0.3, -0.25) is 4.79 Å². The molecule has 4 aromatic rings. The number of hydrogen-bond acceptors (Lipinski definition) is 8. The Hall–Kier alpha value is -3.66. The molecule has 4 heterocycles. The second-order valence-electron chi connectivity index (χ2n) is 8.61. The van der Waals surface area contributed by atoms with Crippen molar-refractivity contribution in [1.82, 2.24) is 15.5 Å². The number of nitrogens with one attached hydrogen (secondary N) is 1. The van der Waals surface area contributed by atoms with Crippen LogP contribution in [0.2, 0.25) is 0 Å². The molecule has 182 valence electrons. The number of hydrogen-bond donors (Lipinski definition) is 1. The Morgan fingerprint density at radius 2 is 1.91 bits per heavy atom.